The zero-order valence-corrected chi connectivity index (χ0v) is 14.1. The van der Waals surface area contributed by atoms with E-state index in [2.05, 4.69) is 25.2 Å². The highest BCUT2D eigenvalue weighted by atomic mass is 16.6. The van der Waals surface area contributed by atoms with Crippen molar-refractivity contribution < 1.29 is 9.66 Å². The van der Waals surface area contributed by atoms with Gasteiger partial charge in [0, 0.05) is 55.5 Å². The lowest BCUT2D eigenvalue weighted by atomic mass is 10.1. The molecule has 3 heterocycles. The van der Waals surface area contributed by atoms with Gasteiger partial charge in [-0.2, -0.15) is 0 Å². The largest absolute Gasteiger partial charge is 0.379 e. The van der Waals surface area contributed by atoms with Gasteiger partial charge >= 0.3 is 5.69 Å². The van der Waals surface area contributed by atoms with E-state index < -0.39 is 4.92 Å². The predicted octanol–water partition coefficient (Wildman–Crippen LogP) is 1.83. The summed E-state index contributed by atoms with van der Waals surface area (Å²) in [7, 11) is 0. The number of hydrogen-bond donors (Lipinski definition) is 1. The second-order valence-electron chi connectivity index (χ2n) is 6.09. The lowest BCUT2D eigenvalue weighted by molar-refractivity contribution is -0.381. The summed E-state index contributed by atoms with van der Waals surface area (Å²) in [5.41, 5.74) is 0.316. The van der Waals surface area contributed by atoms with Crippen molar-refractivity contribution in [3.8, 4) is 0 Å². The van der Waals surface area contributed by atoms with Crippen molar-refractivity contribution in [2.24, 2.45) is 0 Å². The second-order valence-corrected chi connectivity index (χ2v) is 6.09. The van der Waals surface area contributed by atoms with E-state index in [1.807, 2.05) is 6.07 Å². The second kappa shape index (κ2) is 7.14. The molecule has 1 aliphatic heterocycles. The highest BCUT2D eigenvalue weighted by Gasteiger charge is 2.20. The third-order valence-corrected chi connectivity index (χ3v) is 4.46. The van der Waals surface area contributed by atoms with Gasteiger partial charge < -0.3 is 10.1 Å². The maximum Gasteiger partial charge on any atom is 0.303 e. The number of aromatic nitrogens is 3. The Labute approximate surface area is 149 Å². The normalized spacial score (nSPS) is 15.4. The van der Waals surface area contributed by atoms with E-state index in [0.29, 0.717) is 34.2 Å². The van der Waals surface area contributed by atoms with Gasteiger partial charge in [-0.05, 0) is 12.1 Å². The van der Waals surface area contributed by atoms with E-state index in [-0.39, 0.29) is 5.69 Å². The lowest BCUT2D eigenvalue weighted by Crippen LogP contribution is -2.39. The first kappa shape index (κ1) is 16.6. The van der Waals surface area contributed by atoms with Crippen LogP contribution in [0.5, 0.6) is 0 Å². The molecule has 9 nitrogen and oxygen atoms in total. The molecule has 0 bridgehead atoms. The number of nitro benzene ring substituents is 1. The zero-order valence-electron chi connectivity index (χ0n) is 14.1. The third-order valence-electron chi connectivity index (χ3n) is 4.46. The van der Waals surface area contributed by atoms with Crippen LogP contribution in [0.1, 0.15) is 0 Å². The molecular weight excluding hydrogens is 336 g/mol. The monoisotopic (exact) mass is 354 g/mol. The number of anilines is 1. The molecule has 0 atom stereocenters. The van der Waals surface area contributed by atoms with Gasteiger partial charge in [-0.3, -0.25) is 20.0 Å². The number of non-ortho nitro benzene ring substituents is 1. The number of ether oxygens (including phenoxy) is 1. The minimum atomic E-state index is -0.394. The standard InChI is InChI=1S/C17H18N6O3/c24-23(25)16-14-1-2-18-10-12(14)9-13-11-20-17(21-15(13)16)19-3-4-22-5-7-26-8-6-22/h1-2,9-11H,3-8H2,(H,19,20,21). The van der Waals surface area contributed by atoms with Gasteiger partial charge in [-0.25, -0.2) is 9.97 Å². The van der Waals surface area contributed by atoms with E-state index in [1.165, 1.54) is 0 Å². The zero-order chi connectivity index (χ0) is 17.9. The molecule has 1 N–H and O–H groups in total. The van der Waals surface area contributed by atoms with Crippen LogP contribution >= 0.6 is 0 Å². The van der Waals surface area contributed by atoms with Crippen LogP contribution in [-0.4, -0.2) is 64.2 Å². The fourth-order valence-electron chi connectivity index (χ4n) is 3.14. The number of morpholine rings is 1. The first-order chi connectivity index (χ1) is 12.7. The minimum Gasteiger partial charge on any atom is -0.379 e. The molecule has 2 aromatic heterocycles. The van der Waals surface area contributed by atoms with Gasteiger partial charge in [-0.1, -0.05) is 0 Å². The summed E-state index contributed by atoms with van der Waals surface area (Å²) in [6.45, 7) is 4.83. The van der Waals surface area contributed by atoms with Crippen molar-refractivity contribution in [3.63, 3.8) is 0 Å². The molecule has 0 saturated carbocycles. The molecular formula is C17H18N6O3. The molecule has 1 aromatic carbocycles. The summed E-state index contributed by atoms with van der Waals surface area (Å²) in [6.07, 6.45) is 4.76. The third kappa shape index (κ3) is 3.26. The van der Waals surface area contributed by atoms with Crippen molar-refractivity contribution in [2.75, 3.05) is 44.7 Å². The Hall–Kier alpha value is -2.91. The number of benzene rings is 1. The topological polar surface area (TPSA) is 106 Å². The molecule has 3 aromatic rings. The van der Waals surface area contributed by atoms with Crippen molar-refractivity contribution >= 4 is 33.3 Å². The molecule has 0 aliphatic carbocycles. The predicted molar refractivity (Wildman–Crippen MR) is 97.2 cm³/mol. The van der Waals surface area contributed by atoms with Crippen molar-refractivity contribution in [1.29, 1.82) is 0 Å². The maximum absolute atomic E-state index is 11.6. The van der Waals surface area contributed by atoms with Crippen LogP contribution in [0.25, 0.3) is 21.7 Å². The summed E-state index contributed by atoms with van der Waals surface area (Å²) in [5.74, 6) is 0.391. The Kier molecular flexibility index (Phi) is 4.55. The Morgan fingerprint density at radius 1 is 1.27 bits per heavy atom. The SMILES string of the molecule is O=[N+]([O-])c1c2ccncc2cc2cnc(NCCN3CCOCC3)nc12. The fourth-order valence-corrected chi connectivity index (χ4v) is 3.14. The molecule has 134 valence electrons. The molecule has 1 saturated heterocycles. The molecule has 1 aliphatic rings. The van der Waals surface area contributed by atoms with Crippen molar-refractivity contribution in [1.82, 2.24) is 19.9 Å². The summed E-state index contributed by atoms with van der Waals surface area (Å²) in [4.78, 5) is 26.3. The molecule has 9 heteroatoms. The Bertz CT molecular complexity index is 958. The molecule has 1 fully saturated rings. The van der Waals surface area contributed by atoms with Crippen LogP contribution in [0.3, 0.4) is 0 Å². The van der Waals surface area contributed by atoms with E-state index in [4.69, 9.17) is 4.74 Å². The van der Waals surface area contributed by atoms with E-state index in [0.717, 1.165) is 32.8 Å². The fraction of sp³-hybridized carbons (Fsp3) is 0.353. The number of rotatable bonds is 5. The van der Waals surface area contributed by atoms with Crippen LogP contribution in [0.2, 0.25) is 0 Å². The summed E-state index contributed by atoms with van der Waals surface area (Å²) < 4.78 is 5.33. The van der Waals surface area contributed by atoms with Crippen molar-refractivity contribution in [3.05, 3.63) is 40.8 Å². The number of nitrogens with zero attached hydrogens (tertiary/aromatic N) is 5. The average molecular weight is 354 g/mol. The lowest BCUT2D eigenvalue weighted by Gasteiger charge is -2.26. The number of nitrogens with one attached hydrogen (secondary N) is 1. The van der Waals surface area contributed by atoms with Gasteiger partial charge in [0.15, 0.2) is 5.52 Å². The first-order valence-electron chi connectivity index (χ1n) is 8.44. The number of fused-ring (bicyclic) bond motifs is 2. The Balaban J connectivity index is 1.62. The molecule has 26 heavy (non-hydrogen) atoms. The molecule has 0 amide bonds. The average Bonchev–Trinajstić information content (AvgIpc) is 2.66. The summed E-state index contributed by atoms with van der Waals surface area (Å²) >= 11 is 0. The van der Waals surface area contributed by atoms with Crippen LogP contribution in [-0.2, 0) is 4.74 Å². The number of nitro groups is 1. The van der Waals surface area contributed by atoms with Gasteiger partial charge in [0.1, 0.15) is 0 Å². The van der Waals surface area contributed by atoms with Crippen LogP contribution in [0.4, 0.5) is 11.6 Å². The Morgan fingerprint density at radius 3 is 2.92 bits per heavy atom. The molecule has 4 rings (SSSR count). The quantitative estimate of drug-likeness (QED) is 0.420. The van der Waals surface area contributed by atoms with Gasteiger partial charge in [0.2, 0.25) is 5.95 Å². The van der Waals surface area contributed by atoms with E-state index in [1.54, 1.807) is 24.7 Å². The maximum atomic E-state index is 11.6. The van der Waals surface area contributed by atoms with E-state index >= 15 is 0 Å². The van der Waals surface area contributed by atoms with Gasteiger partial charge in [0.05, 0.1) is 23.5 Å². The summed E-state index contributed by atoms with van der Waals surface area (Å²) in [6, 6.07) is 3.46. The highest BCUT2D eigenvalue weighted by molar-refractivity contribution is 6.06. The van der Waals surface area contributed by atoms with Crippen LogP contribution in [0, 0.1) is 10.1 Å². The van der Waals surface area contributed by atoms with Crippen molar-refractivity contribution in [2.45, 2.75) is 0 Å². The summed E-state index contributed by atoms with van der Waals surface area (Å²) in [5, 5.41) is 16.6. The van der Waals surface area contributed by atoms with Crippen LogP contribution in [0.15, 0.2) is 30.7 Å². The first-order valence-corrected chi connectivity index (χ1v) is 8.44. The minimum absolute atomic E-state index is 0.0153. The molecule has 0 unspecified atom stereocenters. The molecule has 0 spiro atoms. The Morgan fingerprint density at radius 2 is 2.12 bits per heavy atom. The number of hydrogen-bond acceptors (Lipinski definition) is 8. The smallest absolute Gasteiger partial charge is 0.303 e. The van der Waals surface area contributed by atoms with Gasteiger partial charge in [0.25, 0.3) is 0 Å². The van der Waals surface area contributed by atoms with Crippen LogP contribution < -0.4 is 5.32 Å². The molecule has 0 radical (unpaired) electrons. The van der Waals surface area contributed by atoms with E-state index in [9.17, 15) is 10.1 Å². The highest BCUT2D eigenvalue weighted by Crippen LogP contribution is 2.32. The number of pyridine rings is 1. The van der Waals surface area contributed by atoms with Gasteiger partial charge in [-0.15, -0.1) is 0 Å².